The number of halogens is 2. The summed E-state index contributed by atoms with van der Waals surface area (Å²) in [5, 5.41) is 28.4. The summed E-state index contributed by atoms with van der Waals surface area (Å²) in [5.74, 6) is -2.42. The van der Waals surface area contributed by atoms with Gasteiger partial charge in [-0.15, -0.1) is 0 Å². The predicted octanol–water partition coefficient (Wildman–Crippen LogP) is 2.82. The molecule has 0 unspecified atom stereocenters. The molecule has 5 rings (SSSR count). The fourth-order valence-corrected chi connectivity index (χ4v) is 3.67. The highest BCUT2D eigenvalue weighted by Crippen LogP contribution is 2.32. The van der Waals surface area contributed by atoms with Crippen LogP contribution in [0.2, 0.25) is 0 Å². The third-order valence-electron chi connectivity index (χ3n) is 5.32. The second kappa shape index (κ2) is 8.92. The van der Waals surface area contributed by atoms with Crippen LogP contribution in [-0.4, -0.2) is 46.4 Å². The summed E-state index contributed by atoms with van der Waals surface area (Å²) in [6.07, 6.45) is 2.73. The highest BCUT2D eigenvalue weighted by molar-refractivity contribution is 5.84. The molecule has 0 saturated heterocycles. The second-order valence-corrected chi connectivity index (χ2v) is 7.69. The van der Waals surface area contributed by atoms with Crippen LogP contribution in [0.4, 0.5) is 14.6 Å². The van der Waals surface area contributed by atoms with E-state index in [1.54, 1.807) is 47.2 Å². The summed E-state index contributed by atoms with van der Waals surface area (Å²) < 4.78 is 31.0. The third kappa shape index (κ3) is 4.43. The molecule has 10 nitrogen and oxygen atoms in total. The van der Waals surface area contributed by atoms with E-state index in [0.717, 1.165) is 0 Å². The standard InChI is InChI=1S/C24H18F2N6O4/c25-23(26)36-15-7-8-17(29-12-15)18-9-10-19-22(30-18)32(14-5-3-13(4-6-14)24(33,34)35)21(31-19)16-2-1-11-28-20(16)27/h1-12,23,33-35H,(H2,27,28). The minimum absolute atomic E-state index is 0.0815. The van der Waals surface area contributed by atoms with Crippen molar-refractivity contribution >= 4 is 17.0 Å². The van der Waals surface area contributed by atoms with E-state index in [0.29, 0.717) is 39.6 Å². The zero-order valence-corrected chi connectivity index (χ0v) is 18.3. The average molecular weight is 492 g/mol. The number of nitrogen functional groups attached to an aromatic ring is 1. The van der Waals surface area contributed by atoms with Crippen LogP contribution in [0.1, 0.15) is 5.56 Å². The Labute approximate surface area is 201 Å². The number of alkyl halides is 2. The van der Waals surface area contributed by atoms with E-state index in [1.807, 2.05) is 0 Å². The number of anilines is 1. The van der Waals surface area contributed by atoms with Gasteiger partial charge in [0.1, 0.15) is 17.1 Å². The van der Waals surface area contributed by atoms with E-state index >= 15 is 0 Å². The molecule has 36 heavy (non-hydrogen) atoms. The Hall–Kier alpha value is -4.52. The molecule has 0 aliphatic rings. The lowest BCUT2D eigenvalue weighted by Gasteiger charge is -2.15. The van der Waals surface area contributed by atoms with Crippen molar-refractivity contribution in [3.8, 4) is 34.2 Å². The smallest absolute Gasteiger partial charge is 0.387 e. The van der Waals surface area contributed by atoms with Crippen LogP contribution in [-0.2, 0) is 5.97 Å². The van der Waals surface area contributed by atoms with Gasteiger partial charge in [0.2, 0.25) is 0 Å². The van der Waals surface area contributed by atoms with Crippen LogP contribution in [0.3, 0.4) is 0 Å². The first-order valence-corrected chi connectivity index (χ1v) is 10.5. The average Bonchev–Trinajstić information content (AvgIpc) is 3.22. The molecule has 0 atom stereocenters. The fourth-order valence-electron chi connectivity index (χ4n) is 3.67. The van der Waals surface area contributed by atoms with Gasteiger partial charge in [0.15, 0.2) is 11.5 Å². The highest BCUT2D eigenvalue weighted by atomic mass is 19.3. The van der Waals surface area contributed by atoms with Gasteiger partial charge in [-0.25, -0.2) is 15.0 Å². The first-order chi connectivity index (χ1) is 17.2. The molecule has 0 radical (unpaired) electrons. The van der Waals surface area contributed by atoms with E-state index in [4.69, 9.17) is 10.7 Å². The van der Waals surface area contributed by atoms with E-state index in [9.17, 15) is 24.1 Å². The molecule has 0 aliphatic carbocycles. The molecule has 12 heteroatoms. The zero-order chi connectivity index (χ0) is 25.4. The van der Waals surface area contributed by atoms with Crippen molar-refractivity contribution in [1.29, 1.82) is 0 Å². The molecule has 0 saturated carbocycles. The minimum atomic E-state index is -3.00. The summed E-state index contributed by atoms with van der Waals surface area (Å²) in [6, 6.07) is 15.5. The van der Waals surface area contributed by atoms with Gasteiger partial charge < -0.3 is 25.8 Å². The van der Waals surface area contributed by atoms with Crippen molar-refractivity contribution in [3.63, 3.8) is 0 Å². The van der Waals surface area contributed by atoms with Crippen molar-refractivity contribution < 1.29 is 28.8 Å². The van der Waals surface area contributed by atoms with Gasteiger partial charge in [0.05, 0.1) is 23.1 Å². The van der Waals surface area contributed by atoms with Gasteiger partial charge >= 0.3 is 12.6 Å². The molecular weight excluding hydrogens is 474 g/mol. The largest absolute Gasteiger partial charge is 0.433 e. The van der Waals surface area contributed by atoms with E-state index in [1.165, 1.54) is 30.5 Å². The fraction of sp³-hybridized carbons (Fsp3) is 0.0833. The van der Waals surface area contributed by atoms with Gasteiger partial charge in [-0.05, 0) is 60.7 Å². The van der Waals surface area contributed by atoms with Crippen molar-refractivity contribution in [1.82, 2.24) is 24.5 Å². The minimum Gasteiger partial charge on any atom is -0.433 e. The maximum absolute atomic E-state index is 12.5. The summed E-state index contributed by atoms with van der Waals surface area (Å²) in [4.78, 5) is 17.7. The number of benzene rings is 1. The molecule has 0 bridgehead atoms. The van der Waals surface area contributed by atoms with E-state index in [2.05, 4.69) is 19.7 Å². The van der Waals surface area contributed by atoms with Crippen LogP contribution in [0.5, 0.6) is 5.75 Å². The Morgan fingerprint density at radius 1 is 0.889 bits per heavy atom. The number of hydrogen-bond donors (Lipinski definition) is 4. The molecule has 5 N–H and O–H groups in total. The normalized spacial score (nSPS) is 11.8. The lowest BCUT2D eigenvalue weighted by Crippen LogP contribution is -2.23. The SMILES string of the molecule is Nc1ncccc1-c1nc2ccc(-c3ccc(OC(F)F)cn3)nc2n1-c1ccc(C(O)(O)O)cc1. The van der Waals surface area contributed by atoms with Gasteiger partial charge in [-0.3, -0.25) is 9.55 Å². The summed E-state index contributed by atoms with van der Waals surface area (Å²) >= 11 is 0. The van der Waals surface area contributed by atoms with Crippen LogP contribution >= 0.6 is 0 Å². The van der Waals surface area contributed by atoms with Crippen molar-refractivity contribution in [3.05, 3.63) is 78.6 Å². The Morgan fingerprint density at radius 2 is 1.64 bits per heavy atom. The quantitative estimate of drug-likeness (QED) is 0.262. The molecule has 4 heterocycles. The van der Waals surface area contributed by atoms with Crippen LogP contribution in [0.25, 0.3) is 39.6 Å². The van der Waals surface area contributed by atoms with Crippen molar-refractivity contribution in [2.45, 2.75) is 12.6 Å². The number of nitrogens with two attached hydrogens (primary N) is 1. The number of aromatic nitrogens is 5. The number of aliphatic hydroxyl groups is 3. The van der Waals surface area contributed by atoms with E-state index in [-0.39, 0.29) is 17.1 Å². The maximum atomic E-state index is 12.5. The Kier molecular flexibility index (Phi) is 5.76. The van der Waals surface area contributed by atoms with Gasteiger partial charge in [0, 0.05) is 17.4 Å². The summed E-state index contributed by atoms with van der Waals surface area (Å²) in [5.41, 5.74) is 8.82. The third-order valence-corrected chi connectivity index (χ3v) is 5.32. The maximum Gasteiger partial charge on any atom is 0.387 e. The van der Waals surface area contributed by atoms with Gasteiger partial charge in [-0.1, -0.05) is 0 Å². The lowest BCUT2D eigenvalue weighted by atomic mass is 10.1. The van der Waals surface area contributed by atoms with Crippen molar-refractivity contribution in [2.75, 3.05) is 5.73 Å². The van der Waals surface area contributed by atoms with Crippen LogP contribution < -0.4 is 10.5 Å². The second-order valence-electron chi connectivity index (χ2n) is 7.69. The summed E-state index contributed by atoms with van der Waals surface area (Å²) in [7, 11) is 0. The predicted molar refractivity (Wildman–Crippen MR) is 125 cm³/mol. The number of fused-ring (bicyclic) bond motifs is 1. The number of pyridine rings is 3. The molecule has 0 spiro atoms. The van der Waals surface area contributed by atoms with Crippen LogP contribution in [0, 0.1) is 0 Å². The number of imidazole rings is 1. The molecule has 0 fully saturated rings. The Balaban J connectivity index is 1.68. The number of nitrogens with zero attached hydrogens (tertiary/aromatic N) is 5. The molecule has 5 aromatic rings. The molecule has 182 valence electrons. The van der Waals surface area contributed by atoms with Gasteiger partial charge in [0.25, 0.3) is 0 Å². The zero-order valence-electron chi connectivity index (χ0n) is 18.3. The van der Waals surface area contributed by atoms with Crippen molar-refractivity contribution in [2.24, 2.45) is 0 Å². The highest BCUT2D eigenvalue weighted by Gasteiger charge is 2.23. The number of hydrogen-bond acceptors (Lipinski definition) is 9. The number of ether oxygens (including phenoxy) is 1. The topological polar surface area (TPSA) is 152 Å². The Bertz CT molecular complexity index is 1530. The van der Waals surface area contributed by atoms with Crippen LogP contribution in [0.15, 0.2) is 73.1 Å². The Morgan fingerprint density at radius 3 is 2.28 bits per heavy atom. The first-order valence-electron chi connectivity index (χ1n) is 10.5. The number of rotatable bonds is 6. The molecule has 0 aliphatic heterocycles. The molecular formula is C24H18F2N6O4. The monoisotopic (exact) mass is 492 g/mol. The lowest BCUT2D eigenvalue weighted by molar-refractivity contribution is -0.323. The molecule has 4 aromatic heterocycles. The molecule has 0 amide bonds. The van der Waals surface area contributed by atoms with Gasteiger partial charge in [-0.2, -0.15) is 8.78 Å². The first kappa shape index (κ1) is 23.2. The molecule has 1 aromatic carbocycles. The van der Waals surface area contributed by atoms with E-state index < -0.39 is 12.6 Å². The summed E-state index contributed by atoms with van der Waals surface area (Å²) in [6.45, 7) is -2.96.